The van der Waals surface area contributed by atoms with Crippen molar-refractivity contribution in [2.45, 2.75) is 26.7 Å². The third-order valence-electron chi connectivity index (χ3n) is 2.13. The minimum Gasteiger partial charge on any atom is -0.159 e. The molecule has 0 N–H and O–H groups in total. The second kappa shape index (κ2) is 3.46. The second-order valence-corrected chi connectivity index (χ2v) is 3.21. The molecule has 0 bridgehead atoms. The Balaban J connectivity index is 2.77. The molecule has 0 aliphatic rings. The lowest BCUT2D eigenvalue weighted by atomic mass is 9.92. The molecule has 0 amide bonds. The van der Waals surface area contributed by atoms with Gasteiger partial charge in [-0.3, -0.25) is 0 Å². The first kappa shape index (κ1) is 8.18. The number of hydrogen-bond acceptors (Lipinski definition) is 2. The molecular formula is C9H14N2. The van der Waals surface area contributed by atoms with Crippen molar-refractivity contribution >= 4 is 0 Å². The summed E-state index contributed by atoms with van der Waals surface area (Å²) in [6.45, 7) is 6.64. The van der Waals surface area contributed by atoms with Crippen LogP contribution in [0.4, 0.5) is 0 Å². The van der Waals surface area contributed by atoms with E-state index in [4.69, 9.17) is 0 Å². The molecule has 0 saturated heterocycles. The summed E-state index contributed by atoms with van der Waals surface area (Å²) in [5.74, 6) is 1.24. The molecule has 0 spiro atoms. The molecule has 0 aliphatic heterocycles. The zero-order valence-electron chi connectivity index (χ0n) is 7.28. The van der Waals surface area contributed by atoms with Crippen molar-refractivity contribution in [3.8, 4) is 0 Å². The van der Waals surface area contributed by atoms with E-state index in [1.807, 2.05) is 12.3 Å². The molecule has 2 nitrogen and oxygen atoms in total. The van der Waals surface area contributed by atoms with Crippen LogP contribution in [-0.4, -0.2) is 10.2 Å². The smallest absolute Gasteiger partial charge is 0.0531 e. The second-order valence-electron chi connectivity index (χ2n) is 3.21. The highest BCUT2D eigenvalue weighted by Crippen LogP contribution is 2.21. The Morgan fingerprint density at radius 3 is 2.36 bits per heavy atom. The Hall–Kier alpha value is -0.920. The van der Waals surface area contributed by atoms with Gasteiger partial charge in [-0.15, -0.1) is 0 Å². The minimum atomic E-state index is 0.575. The van der Waals surface area contributed by atoms with Crippen molar-refractivity contribution in [1.82, 2.24) is 10.2 Å². The Bertz CT molecular complexity index is 206. The lowest BCUT2D eigenvalue weighted by Gasteiger charge is -2.14. The number of hydrogen-bond donors (Lipinski definition) is 0. The molecule has 0 fully saturated rings. The topological polar surface area (TPSA) is 25.8 Å². The van der Waals surface area contributed by atoms with E-state index < -0.39 is 0 Å². The highest BCUT2D eigenvalue weighted by molar-refractivity contribution is 5.11. The van der Waals surface area contributed by atoms with Gasteiger partial charge < -0.3 is 0 Å². The molecular weight excluding hydrogens is 136 g/mol. The summed E-state index contributed by atoms with van der Waals surface area (Å²) in [7, 11) is 0. The summed E-state index contributed by atoms with van der Waals surface area (Å²) in [5, 5.41) is 7.58. The van der Waals surface area contributed by atoms with Gasteiger partial charge in [-0.2, -0.15) is 10.2 Å². The SMILES string of the molecule is CC(C)C(C)c1ccnnc1. The Morgan fingerprint density at radius 2 is 1.91 bits per heavy atom. The first-order chi connectivity index (χ1) is 5.22. The Kier molecular flexibility index (Phi) is 2.58. The van der Waals surface area contributed by atoms with Crippen molar-refractivity contribution in [3.63, 3.8) is 0 Å². The van der Waals surface area contributed by atoms with Gasteiger partial charge in [0.1, 0.15) is 0 Å². The van der Waals surface area contributed by atoms with Crippen LogP contribution < -0.4 is 0 Å². The molecule has 0 radical (unpaired) electrons. The predicted octanol–water partition coefficient (Wildman–Crippen LogP) is 2.24. The van der Waals surface area contributed by atoms with Gasteiger partial charge in [0, 0.05) is 6.20 Å². The van der Waals surface area contributed by atoms with Gasteiger partial charge in [-0.25, -0.2) is 0 Å². The van der Waals surface area contributed by atoms with Crippen molar-refractivity contribution < 1.29 is 0 Å². The summed E-state index contributed by atoms with van der Waals surface area (Å²) in [4.78, 5) is 0. The molecule has 1 rings (SSSR count). The minimum absolute atomic E-state index is 0.575. The Morgan fingerprint density at radius 1 is 1.18 bits per heavy atom. The van der Waals surface area contributed by atoms with Gasteiger partial charge in [0.05, 0.1) is 6.20 Å². The average molecular weight is 150 g/mol. The first-order valence-corrected chi connectivity index (χ1v) is 3.98. The molecule has 2 heteroatoms. The van der Waals surface area contributed by atoms with Crippen LogP contribution in [0.25, 0.3) is 0 Å². The third-order valence-corrected chi connectivity index (χ3v) is 2.13. The molecule has 1 aromatic rings. The molecule has 0 saturated carbocycles. The molecule has 60 valence electrons. The van der Waals surface area contributed by atoms with E-state index in [1.54, 1.807) is 6.20 Å². The predicted molar refractivity (Wildman–Crippen MR) is 45.3 cm³/mol. The van der Waals surface area contributed by atoms with Crippen LogP contribution >= 0.6 is 0 Å². The average Bonchev–Trinajstić information content (AvgIpc) is 2.05. The maximum Gasteiger partial charge on any atom is 0.0531 e. The molecule has 0 aromatic carbocycles. The van der Waals surface area contributed by atoms with Crippen LogP contribution in [0.15, 0.2) is 18.5 Å². The van der Waals surface area contributed by atoms with E-state index in [1.165, 1.54) is 5.56 Å². The molecule has 1 unspecified atom stereocenters. The van der Waals surface area contributed by atoms with Crippen LogP contribution in [0.2, 0.25) is 0 Å². The molecule has 1 heterocycles. The Labute approximate surface area is 67.7 Å². The summed E-state index contributed by atoms with van der Waals surface area (Å²) < 4.78 is 0. The van der Waals surface area contributed by atoms with E-state index >= 15 is 0 Å². The van der Waals surface area contributed by atoms with Gasteiger partial charge in [0.25, 0.3) is 0 Å². The normalized spacial score (nSPS) is 13.5. The lowest BCUT2D eigenvalue weighted by molar-refractivity contribution is 0.532. The molecule has 11 heavy (non-hydrogen) atoms. The van der Waals surface area contributed by atoms with Gasteiger partial charge in [0.15, 0.2) is 0 Å². The van der Waals surface area contributed by atoms with E-state index in [-0.39, 0.29) is 0 Å². The number of rotatable bonds is 2. The van der Waals surface area contributed by atoms with Crippen molar-refractivity contribution in [3.05, 3.63) is 24.0 Å². The fraction of sp³-hybridized carbons (Fsp3) is 0.556. The van der Waals surface area contributed by atoms with E-state index in [0.717, 1.165) is 0 Å². The summed E-state index contributed by atoms with van der Waals surface area (Å²) in [6, 6.07) is 2.03. The monoisotopic (exact) mass is 150 g/mol. The van der Waals surface area contributed by atoms with E-state index in [2.05, 4.69) is 31.0 Å². The van der Waals surface area contributed by atoms with Gasteiger partial charge in [0.2, 0.25) is 0 Å². The van der Waals surface area contributed by atoms with Crippen molar-refractivity contribution in [2.75, 3.05) is 0 Å². The lowest BCUT2D eigenvalue weighted by Crippen LogP contribution is -2.02. The highest BCUT2D eigenvalue weighted by atomic mass is 15.1. The number of aromatic nitrogens is 2. The highest BCUT2D eigenvalue weighted by Gasteiger charge is 2.08. The van der Waals surface area contributed by atoms with Crippen LogP contribution in [-0.2, 0) is 0 Å². The van der Waals surface area contributed by atoms with Crippen LogP contribution in [0, 0.1) is 5.92 Å². The zero-order chi connectivity index (χ0) is 8.27. The zero-order valence-corrected chi connectivity index (χ0v) is 7.28. The number of nitrogens with zero attached hydrogens (tertiary/aromatic N) is 2. The molecule has 1 aromatic heterocycles. The third kappa shape index (κ3) is 2.00. The summed E-state index contributed by atoms with van der Waals surface area (Å²) in [5.41, 5.74) is 1.27. The maximum absolute atomic E-state index is 3.84. The van der Waals surface area contributed by atoms with Crippen molar-refractivity contribution in [2.24, 2.45) is 5.92 Å². The van der Waals surface area contributed by atoms with E-state index in [9.17, 15) is 0 Å². The van der Waals surface area contributed by atoms with E-state index in [0.29, 0.717) is 11.8 Å². The van der Waals surface area contributed by atoms with Crippen molar-refractivity contribution in [1.29, 1.82) is 0 Å². The fourth-order valence-corrected chi connectivity index (χ4v) is 0.955. The van der Waals surface area contributed by atoms with Crippen LogP contribution in [0.3, 0.4) is 0 Å². The molecule has 1 atom stereocenters. The molecule has 0 aliphatic carbocycles. The van der Waals surface area contributed by atoms with Gasteiger partial charge in [-0.05, 0) is 23.5 Å². The van der Waals surface area contributed by atoms with Gasteiger partial charge in [-0.1, -0.05) is 20.8 Å². The summed E-state index contributed by atoms with van der Waals surface area (Å²) >= 11 is 0. The fourth-order valence-electron chi connectivity index (χ4n) is 0.955. The van der Waals surface area contributed by atoms with Crippen LogP contribution in [0.5, 0.6) is 0 Å². The first-order valence-electron chi connectivity index (χ1n) is 3.98. The summed E-state index contributed by atoms with van der Waals surface area (Å²) in [6.07, 6.45) is 3.58. The standard InChI is InChI=1S/C9H14N2/c1-7(2)8(3)9-4-5-10-11-6-9/h4-8H,1-3H3. The largest absolute Gasteiger partial charge is 0.159 e. The maximum atomic E-state index is 3.84. The van der Waals surface area contributed by atoms with Gasteiger partial charge >= 0.3 is 0 Å². The van der Waals surface area contributed by atoms with Crippen LogP contribution in [0.1, 0.15) is 32.3 Å². The quantitative estimate of drug-likeness (QED) is 0.646.